The molecule has 0 saturated carbocycles. The second-order valence-electron chi connectivity index (χ2n) is 6.17. The molecule has 0 amide bonds. The number of halogens is 3. The third-order valence-corrected chi connectivity index (χ3v) is 4.08. The number of nitrogens with zero attached hydrogens (tertiary/aromatic N) is 1. The Morgan fingerprint density at radius 1 is 0.897 bits per heavy atom. The van der Waals surface area contributed by atoms with Crippen molar-refractivity contribution in [3.63, 3.8) is 0 Å². The molecule has 0 aliphatic carbocycles. The SMILES string of the molecule is FC(F)(F)Oc1ccc([C@@H]2C=C(Oc3cncc(-c4ccccc4)c3)NO2)cc1. The van der Waals surface area contributed by atoms with Crippen LogP contribution in [0, 0.1) is 0 Å². The third-order valence-electron chi connectivity index (χ3n) is 4.08. The van der Waals surface area contributed by atoms with E-state index < -0.39 is 12.5 Å². The molecule has 1 aliphatic rings. The molecule has 0 bridgehead atoms. The largest absolute Gasteiger partial charge is 0.573 e. The van der Waals surface area contributed by atoms with Crippen LogP contribution in [0.5, 0.6) is 11.5 Å². The zero-order valence-electron chi connectivity index (χ0n) is 14.9. The summed E-state index contributed by atoms with van der Waals surface area (Å²) in [6, 6.07) is 17.0. The molecule has 1 N–H and O–H groups in total. The molecule has 0 fully saturated rings. The average molecular weight is 400 g/mol. The van der Waals surface area contributed by atoms with Crippen molar-refractivity contribution in [2.24, 2.45) is 0 Å². The van der Waals surface area contributed by atoms with Crippen LogP contribution < -0.4 is 15.0 Å². The molecule has 1 atom stereocenters. The summed E-state index contributed by atoms with van der Waals surface area (Å²) < 4.78 is 46.4. The van der Waals surface area contributed by atoms with Crippen molar-refractivity contribution in [1.82, 2.24) is 10.5 Å². The van der Waals surface area contributed by atoms with Crippen molar-refractivity contribution in [2.75, 3.05) is 0 Å². The van der Waals surface area contributed by atoms with Crippen molar-refractivity contribution in [1.29, 1.82) is 0 Å². The summed E-state index contributed by atoms with van der Waals surface area (Å²) in [6.07, 6.45) is -0.255. The molecule has 0 saturated heterocycles. The molecule has 2 heterocycles. The molecular weight excluding hydrogens is 385 g/mol. The lowest BCUT2D eigenvalue weighted by Crippen LogP contribution is -2.17. The van der Waals surface area contributed by atoms with Crippen LogP contribution in [0.4, 0.5) is 13.2 Å². The Morgan fingerprint density at radius 3 is 2.38 bits per heavy atom. The predicted molar refractivity (Wildman–Crippen MR) is 98.5 cm³/mol. The van der Waals surface area contributed by atoms with Gasteiger partial charge in [0, 0.05) is 17.8 Å². The number of rotatable bonds is 5. The van der Waals surface area contributed by atoms with E-state index in [4.69, 9.17) is 9.57 Å². The van der Waals surface area contributed by atoms with Gasteiger partial charge in [-0.25, -0.2) is 5.48 Å². The molecule has 8 heteroatoms. The molecule has 5 nitrogen and oxygen atoms in total. The van der Waals surface area contributed by atoms with E-state index in [2.05, 4.69) is 15.2 Å². The number of hydrogen-bond donors (Lipinski definition) is 1. The maximum Gasteiger partial charge on any atom is 0.573 e. The summed E-state index contributed by atoms with van der Waals surface area (Å²) in [5, 5.41) is 0. The molecule has 0 radical (unpaired) electrons. The Kier molecular flexibility index (Phi) is 5.09. The Hall–Kier alpha value is -3.52. The first-order valence-electron chi connectivity index (χ1n) is 8.64. The Balaban J connectivity index is 1.44. The highest BCUT2D eigenvalue weighted by Crippen LogP contribution is 2.29. The van der Waals surface area contributed by atoms with Gasteiger partial charge in [-0.2, -0.15) is 0 Å². The molecule has 4 rings (SSSR count). The van der Waals surface area contributed by atoms with E-state index >= 15 is 0 Å². The third kappa shape index (κ3) is 4.85. The lowest BCUT2D eigenvalue weighted by atomic mass is 10.1. The lowest BCUT2D eigenvalue weighted by molar-refractivity contribution is -0.274. The van der Waals surface area contributed by atoms with Crippen molar-refractivity contribution < 1.29 is 27.5 Å². The number of ether oxygens (including phenoxy) is 2. The molecule has 3 aromatic rings. The predicted octanol–water partition coefficient (Wildman–Crippen LogP) is 5.14. The van der Waals surface area contributed by atoms with Crippen molar-refractivity contribution >= 4 is 0 Å². The monoisotopic (exact) mass is 400 g/mol. The summed E-state index contributed by atoms with van der Waals surface area (Å²) in [5.41, 5.74) is 5.22. The number of hydroxylamine groups is 1. The number of hydrogen-bond acceptors (Lipinski definition) is 5. The van der Waals surface area contributed by atoms with E-state index in [1.807, 2.05) is 36.4 Å². The Bertz CT molecular complexity index is 1010. The van der Waals surface area contributed by atoms with Gasteiger partial charge in [0.1, 0.15) is 17.6 Å². The fourth-order valence-corrected chi connectivity index (χ4v) is 2.80. The van der Waals surface area contributed by atoms with E-state index in [0.29, 0.717) is 17.2 Å². The van der Waals surface area contributed by atoms with Crippen LogP contribution in [0.15, 0.2) is 85.0 Å². The van der Waals surface area contributed by atoms with E-state index in [1.165, 1.54) is 24.3 Å². The molecule has 1 aromatic heterocycles. The fourth-order valence-electron chi connectivity index (χ4n) is 2.80. The fraction of sp³-hybridized carbons (Fsp3) is 0.0952. The lowest BCUT2D eigenvalue weighted by Gasteiger charge is -2.11. The minimum absolute atomic E-state index is 0.295. The van der Waals surface area contributed by atoms with Gasteiger partial charge < -0.3 is 9.47 Å². The van der Waals surface area contributed by atoms with Gasteiger partial charge in [-0.15, -0.1) is 13.2 Å². The van der Waals surface area contributed by atoms with Crippen LogP contribution in [0.3, 0.4) is 0 Å². The summed E-state index contributed by atoms with van der Waals surface area (Å²) in [6.45, 7) is 0. The van der Waals surface area contributed by atoms with Gasteiger partial charge in [0.05, 0.1) is 6.20 Å². The van der Waals surface area contributed by atoms with E-state index in [9.17, 15) is 13.2 Å². The number of benzene rings is 2. The smallest absolute Gasteiger partial charge is 0.438 e. The van der Waals surface area contributed by atoms with Crippen molar-refractivity contribution in [3.8, 4) is 22.6 Å². The molecular formula is C21H15F3N2O3. The van der Waals surface area contributed by atoms with Crippen LogP contribution in [-0.4, -0.2) is 11.3 Å². The highest BCUT2D eigenvalue weighted by molar-refractivity contribution is 5.63. The average Bonchev–Trinajstić information content (AvgIpc) is 3.17. The second kappa shape index (κ2) is 7.84. The quantitative estimate of drug-likeness (QED) is 0.643. The van der Waals surface area contributed by atoms with Gasteiger partial charge in [0.15, 0.2) is 0 Å². The zero-order chi connectivity index (χ0) is 20.3. The summed E-state index contributed by atoms with van der Waals surface area (Å²) >= 11 is 0. The molecule has 2 aromatic carbocycles. The second-order valence-corrected chi connectivity index (χ2v) is 6.17. The van der Waals surface area contributed by atoms with Gasteiger partial charge in [-0.3, -0.25) is 9.82 Å². The molecule has 0 spiro atoms. The normalized spacial score (nSPS) is 16.1. The molecule has 148 valence electrons. The number of pyridine rings is 1. The minimum atomic E-state index is -4.73. The van der Waals surface area contributed by atoms with Crippen LogP contribution >= 0.6 is 0 Å². The van der Waals surface area contributed by atoms with Gasteiger partial charge in [0.25, 0.3) is 0 Å². The van der Waals surface area contributed by atoms with Gasteiger partial charge >= 0.3 is 6.36 Å². The van der Waals surface area contributed by atoms with Crippen LogP contribution in [-0.2, 0) is 4.84 Å². The van der Waals surface area contributed by atoms with E-state index in [-0.39, 0.29) is 5.75 Å². The number of aromatic nitrogens is 1. The zero-order valence-corrected chi connectivity index (χ0v) is 14.9. The first kappa shape index (κ1) is 18.8. The van der Waals surface area contributed by atoms with Crippen LogP contribution in [0.2, 0.25) is 0 Å². The molecule has 1 aliphatic heterocycles. The number of alkyl halides is 3. The van der Waals surface area contributed by atoms with Gasteiger partial charge in [-0.1, -0.05) is 42.5 Å². The topological polar surface area (TPSA) is 52.6 Å². The first-order valence-corrected chi connectivity index (χ1v) is 8.64. The standard InChI is InChI=1S/C21H15F3N2O3/c22-21(23,24)28-17-8-6-15(7-9-17)19-11-20(26-29-19)27-18-10-16(12-25-13-18)14-4-2-1-3-5-14/h1-13,19,26H/t19-/m0/s1. The van der Waals surface area contributed by atoms with Crippen molar-refractivity contribution in [3.05, 3.63) is 90.6 Å². The Morgan fingerprint density at radius 2 is 1.66 bits per heavy atom. The van der Waals surface area contributed by atoms with Gasteiger partial charge in [-0.05, 0) is 29.3 Å². The van der Waals surface area contributed by atoms with Crippen LogP contribution in [0.1, 0.15) is 11.7 Å². The Labute approximate surface area is 164 Å². The first-order chi connectivity index (χ1) is 14.0. The summed E-state index contributed by atoms with van der Waals surface area (Å²) in [5.74, 6) is 0.581. The highest BCUT2D eigenvalue weighted by atomic mass is 19.4. The van der Waals surface area contributed by atoms with Crippen molar-refractivity contribution in [2.45, 2.75) is 12.5 Å². The maximum atomic E-state index is 12.2. The maximum absolute atomic E-state index is 12.2. The van der Waals surface area contributed by atoms with Gasteiger partial charge in [0.2, 0.25) is 5.88 Å². The van der Waals surface area contributed by atoms with E-state index in [0.717, 1.165) is 11.1 Å². The van der Waals surface area contributed by atoms with E-state index in [1.54, 1.807) is 18.5 Å². The molecule has 29 heavy (non-hydrogen) atoms. The number of nitrogens with one attached hydrogen (secondary N) is 1. The summed E-state index contributed by atoms with van der Waals surface area (Å²) in [4.78, 5) is 9.62. The molecule has 0 unspecified atom stereocenters. The minimum Gasteiger partial charge on any atom is -0.438 e. The summed E-state index contributed by atoms with van der Waals surface area (Å²) in [7, 11) is 0. The highest BCUT2D eigenvalue weighted by Gasteiger charge is 2.31. The van der Waals surface area contributed by atoms with Crippen LogP contribution in [0.25, 0.3) is 11.1 Å².